The van der Waals surface area contributed by atoms with E-state index in [1.54, 1.807) is 36.2 Å². The lowest BCUT2D eigenvalue weighted by molar-refractivity contribution is -0.129. The minimum absolute atomic E-state index is 0.0835. The Morgan fingerprint density at radius 3 is 2.81 bits per heavy atom. The quantitative estimate of drug-likeness (QED) is 0.779. The van der Waals surface area contributed by atoms with E-state index in [4.69, 9.17) is 10.00 Å². The van der Waals surface area contributed by atoms with E-state index in [2.05, 4.69) is 21.4 Å². The summed E-state index contributed by atoms with van der Waals surface area (Å²) in [4.78, 5) is 24.0. The van der Waals surface area contributed by atoms with Crippen LogP contribution in [-0.4, -0.2) is 60.6 Å². The van der Waals surface area contributed by atoms with Crippen LogP contribution in [0.2, 0.25) is 0 Å². The number of hydrogen-bond donors (Lipinski definition) is 1. The molecule has 1 aliphatic heterocycles. The number of carbonyl (C=O) groups excluding carboxylic acids is 1. The van der Waals surface area contributed by atoms with Gasteiger partial charge in [-0.05, 0) is 24.3 Å². The third-order valence-corrected chi connectivity index (χ3v) is 4.09. The van der Waals surface area contributed by atoms with E-state index in [1.165, 1.54) is 6.33 Å². The van der Waals surface area contributed by atoms with Gasteiger partial charge >= 0.3 is 0 Å². The van der Waals surface area contributed by atoms with Crippen LogP contribution < -0.4 is 15.0 Å². The van der Waals surface area contributed by atoms with E-state index < -0.39 is 0 Å². The minimum atomic E-state index is 0.0835. The third-order valence-electron chi connectivity index (χ3n) is 4.09. The number of nitrogens with one attached hydrogen (secondary N) is 1. The first-order chi connectivity index (χ1) is 12.7. The van der Waals surface area contributed by atoms with E-state index in [9.17, 15) is 4.79 Å². The van der Waals surface area contributed by atoms with Crippen molar-refractivity contribution in [3.05, 3.63) is 42.2 Å². The number of nitrogens with zero attached hydrogens (tertiary/aromatic N) is 5. The van der Waals surface area contributed by atoms with Gasteiger partial charge in [0.25, 0.3) is 0 Å². The summed E-state index contributed by atoms with van der Waals surface area (Å²) in [5.74, 6) is 2.21. The van der Waals surface area contributed by atoms with Gasteiger partial charge in [0.1, 0.15) is 30.3 Å². The van der Waals surface area contributed by atoms with Crippen molar-refractivity contribution < 1.29 is 9.53 Å². The molecular formula is C18H20N6O2. The largest absolute Gasteiger partial charge is 0.492 e. The first kappa shape index (κ1) is 17.5. The normalized spacial score (nSPS) is 14.1. The highest BCUT2D eigenvalue weighted by atomic mass is 16.5. The van der Waals surface area contributed by atoms with Crippen LogP contribution in [0.1, 0.15) is 5.56 Å². The Morgan fingerprint density at radius 1 is 1.27 bits per heavy atom. The Morgan fingerprint density at radius 2 is 2.08 bits per heavy atom. The van der Waals surface area contributed by atoms with E-state index in [0.29, 0.717) is 43.4 Å². The van der Waals surface area contributed by atoms with E-state index in [1.807, 2.05) is 11.0 Å². The molecule has 2 heterocycles. The summed E-state index contributed by atoms with van der Waals surface area (Å²) in [5, 5.41) is 12.0. The zero-order valence-electron chi connectivity index (χ0n) is 14.6. The van der Waals surface area contributed by atoms with Gasteiger partial charge in [0.15, 0.2) is 0 Å². The number of likely N-dealkylation sites (N-methyl/N-ethyl adjacent to an activating group) is 1. The van der Waals surface area contributed by atoms with Crippen LogP contribution >= 0.6 is 0 Å². The molecule has 0 aliphatic carbocycles. The predicted octanol–water partition coefficient (Wildman–Crippen LogP) is 1.12. The molecule has 0 spiro atoms. The molecule has 1 aromatic carbocycles. The Balaban J connectivity index is 1.49. The van der Waals surface area contributed by atoms with Gasteiger partial charge < -0.3 is 19.9 Å². The number of nitriles is 1. The van der Waals surface area contributed by atoms with Crippen LogP contribution in [-0.2, 0) is 4.79 Å². The molecule has 1 N–H and O–H groups in total. The van der Waals surface area contributed by atoms with Crippen molar-refractivity contribution in [2.75, 3.05) is 50.1 Å². The molecule has 0 atom stereocenters. The molecule has 0 radical (unpaired) electrons. The number of piperazine rings is 1. The maximum atomic E-state index is 11.8. The molecule has 1 saturated heterocycles. The summed E-state index contributed by atoms with van der Waals surface area (Å²) in [7, 11) is 1.81. The number of anilines is 2. The van der Waals surface area contributed by atoms with Crippen LogP contribution in [0.4, 0.5) is 11.6 Å². The fourth-order valence-corrected chi connectivity index (χ4v) is 2.54. The maximum Gasteiger partial charge on any atom is 0.241 e. The molecule has 8 heteroatoms. The molecule has 26 heavy (non-hydrogen) atoms. The lowest BCUT2D eigenvalue weighted by Crippen LogP contribution is -2.48. The molecule has 1 aromatic heterocycles. The average molecular weight is 352 g/mol. The topological polar surface area (TPSA) is 94.4 Å². The lowest BCUT2D eigenvalue weighted by Gasteiger charge is -2.32. The van der Waals surface area contributed by atoms with Gasteiger partial charge in [-0.2, -0.15) is 5.26 Å². The first-order valence-electron chi connectivity index (χ1n) is 8.33. The summed E-state index contributed by atoms with van der Waals surface area (Å²) in [6.45, 7) is 2.79. The fourth-order valence-electron chi connectivity index (χ4n) is 2.54. The highest BCUT2D eigenvalue weighted by Gasteiger charge is 2.22. The summed E-state index contributed by atoms with van der Waals surface area (Å²) in [5.41, 5.74) is 0.603. The van der Waals surface area contributed by atoms with Crippen molar-refractivity contribution in [3.63, 3.8) is 0 Å². The summed E-state index contributed by atoms with van der Waals surface area (Å²) >= 11 is 0. The number of hydrogen-bond acceptors (Lipinski definition) is 7. The molecular weight excluding hydrogens is 332 g/mol. The zero-order valence-corrected chi connectivity index (χ0v) is 14.6. The third kappa shape index (κ3) is 4.39. The highest BCUT2D eigenvalue weighted by Crippen LogP contribution is 2.16. The van der Waals surface area contributed by atoms with Crippen LogP contribution in [0.3, 0.4) is 0 Å². The van der Waals surface area contributed by atoms with Crippen molar-refractivity contribution in [3.8, 4) is 11.8 Å². The van der Waals surface area contributed by atoms with Crippen molar-refractivity contribution in [2.24, 2.45) is 0 Å². The van der Waals surface area contributed by atoms with Crippen molar-refractivity contribution in [1.82, 2.24) is 14.9 Å². The molecule has 8 nitrogen and oxygen atoms in total. The second-order valence-corrected chi connectivity index (χ2v) is 5.91. The number of carbonyl (C=O) groups is 1. The lowest BCUT2D eigenvalue weighted by atomic mass is 10.2. The van der Waals surface area contributed by atoms with Crippen molar-refractivity contribution in [2.45, 2.75) is 0 Å². The summed E-state index contributed by atoms with van der Waals surface area (Å²) < 4.78 is 5.62. The number of amides is 1. The van der Waals surface area contributed by atoms with Gasteiger partial charge in [0.05, 0.1) is 24.7 Å². The molecule has 0 saturated carbocycles. The number of ether oxygens (including phenoxy) is 1. The van der Waals surface area contributed by atoms with Gasteiger partial charge in [-0.15, -0.1) is 0 Å². The second kappa shape index (κ2) is 8.16. The van der Waals surface area contributed by atoms with Crippen molar-refractivity contribution >= 4 is 17.5 Å². The molecule has 134 valence electrons. The molecule has 1 fully saturated rings. The van der Waals surface area contributed by atoms with Gasteiger partial charge in [-0.3, -0.25) is 4.79 Å². The average Bonchev–Trinajstić information content (AvgIpc) is 2.68. The molecule has 0 unspecified atom stereocenters. The molecule has 1 amide bonds. The van der Waals surface area contributed by atoms with Crippen LogP contribution in [0, 0.1) is 11.3 Å². The van der Waals surface area contributed by atoms with Gasteiger partial charge in [-0.1, -0.05) is 0 Å². The summed E-state index contributed by atoms with van der Waals surface area (Å²) in [6.07, 6.45) is 1.49. The monoisotopic (exact) mass is 352 g/mol. The first-order valence-corrected chi connectivity index (χ1v) is 8.33. The zero-order chi connectivity index (χ0) is 18.4. The molecule has 1 aliphatic rings. The Bertz CT molecular complexity index is 802. The minimum Gasteiger partial charge on any atom is -0.492 e. The Hall–Kier alpha value is -3.34. The van der Waals surface area contributed by atoms with E-state index in [0.717, 1.165) is 12.4 Å². The van der Waals surface area contributed by atoms with Crippen LogP contribution in [0.5, 0.6) is 5.75 Å². The number of rotatable bonds is 6. The number of aromatic nitrogens is 2. The molecule has 3 rings (SSSR count). The van der Waals surface area contributed by atoms with Gasteiger partial charge in [0.2, 0.25) is 5.91 Å². The Kier molecular flexibility index (Phi) is 5.49. The highest BCUT2D eigenvalue weighted by molar-refractivity contribution is 5.82. The Labute approximate surface area is 152 Å². The van der Waals surface area contributed by atoms with E-state index in [-0.39, 0.29) is 5.91 Å². The SMILES string of the molecule is CN1CCN(c2cc(NCCOc3ccc(C#N)cc3)ncn2)CC1=O. The molecule has 2 aromatic rings. The fraction of sp³-hybridized carbons (Fsp3) is 0.333. The standard InChI is InChI=1S/C18H20N6O2/c1-23-7-8-24(12-18(23)25)17-10-16(21-13-22-17)20-6-9-26-15-4-2-14(11-19)3-5-15/h2-5,10,13H,6-9,12H2,1H3,(H,20,21,22). The predicted molar refractivity (Wildman–Crippen MR) is 97.0 cm³/mol. The van der Waals surface area contributed by atoms with Crippen molar-refractivity contribution in [1.29, 1.82) is 5.26 Å². The molecule has 0 bridgehead atoms. The van der Waals surface area contributed by atoms with Gasteiger partial charge in [-0.25, -0.2) is 9.97 Å². The smallest absolute Gasteiger partial charge is 0.241 e. The number of benzene rings is 1. The van der Waals surface area contributed by atoms with E-state index >= 15 is 0 Å². The van der Waals surface area contributed by atoms with Gasteiger partial charge in [0, 0.05) is 26.2 Å². The maximum absolute atomic E-state index is 11.8. The second-order valence-electron chi connectivity index (χ2n) is 5.91. The summed E-state index contributed by atoms with van der Waals surface area (Å²) in [6, 6.07) is 10.9. The van der Waals surface area contributed by atoms with Crippen LogP contribution in [0.25, 0.3) is 0 Å². The van der Waals surface area contributed by atoms with Crippen LogP contribution in [0.15, 0.2) is 36.7 Å².